The predicted molar refractivity (Wildman–Crippen MR) is 160 cm³/mol. The van der Waals surface area contributed by atoms with Gasteiger partial charge in [-0.2, -0.15) is 0 Å². The molecule has 0 bridgehead atoms. The number of anilines is 1. The second-order valence-electron chi connectivity index (χ2n) is 10.5. The predicted octanol–water partition coefficient (Wildman–Crippen LogP) is 5.08. The Morgan fingerprint density at radius 2 is 1.88 bits per heavy atom. The standard InChI is InChI=1S/C31H35N5O3.CH4/c1-18-27(33-20(3)28(18)31(39)32-17-23-11-8-14-36(23)4)16-25-24-15-22(12-13-26(24)35-30(25)38)29(37)34-19(2)21-9-6-5-7-10-21;/h5-7,9-10,12-13,15-16,19,23,33H,8,11,14,17H2,1-4H3,(H,32,39)(H,34,37)(H,35,38);1H4/b25-16-;/t19?,23-;/m0./s1. The second-order valence-corrected chi connectivity index (χ2v) is 10.5. The van der Waals surface area contributed by atoms with Crippen LogP contribution in [-0.2, 0) is 4.79 Å². The van der Waals surface area contributed by atoms with Gasteiger partial charge in [0, 0.05) is 40.8 Å². The molecule has 210 valence electrons. The number of carbonyl (C=O) groups is 3. The Morgan fingerprint density at radius 1 is 1.12 bits per heavy atom. The molecular formula is C32H39N5O3. The zero-order valence-electron chi connectivity index (χ0n) is 22.9. The number of hydrogen-bond acceptors (Lipinski definition) is 4. The molecule has 2 aliphatic heterocycles. The van der Waals surface area contributed by atoms with Crippen molar-refractivity contribution in [1.82, 2.24) is 20.5 Å². The number of fused-ring (bicyclic) bond motifs is 1. The lowest BCUT2D eigenvalue weighted by molar-refractivity contribution is -0.110. The van der Waals surface area contributed by atoms with Gasteiger partial charge in [0.2, 0.25) is 0 Å². The fraction of sp³-hybridized carbons (Fsp3) is 0.344. The van der Waals surface area contributed by atoms with Crippen molar-refractivity contribution in [2.24, 2.45) is 0 Å². The summed E-state index contributed by atoms with van der Waals surface area (Å²) in [5, 5.41) is 9.00. The first kappa shape index (κ1) is 28.8. The lowest BCUT2D eigenvalue weighted by Gasteiger charge is -2.19. The topological polar surface area (TPSA) is 106 Å². The molecule has 0 spiro atoms. The van der Waals surface area contributed by atoms with Gasteiger partial charge in [0.25, 0.3) is 17.7 Å². The molecule has 8 heteroatoms. The minimum atomic E-state index is -0.248. The highest BCUT2D eigenvalue weighted by Crippen LogP contribution is 2.35. The molecule has 4 N–H and O–H groups in total. The highest BCUT2D eigenvalue weighted by molar-refractivity contribution is 6.35. The van der Waals surface area contributed by atoms with Crippen LogP contribution in [0.4, 0.5) is 5.69 Å². The molecule has 0 aliphatic carbocycles. The molecule has 1 saturated heterocycles. The quantitative estimate of drug-likeness (QED) is 0.313. The number of nitrogens with one attached hydrogen (secondary N) is 4. The molecule has 2 atom stereocenters. The SMILES string of the molecule is C.Cc1[nH]c(/C=C2\C(=O)Nc3ccc(C(=O)NC(C)c4ccccc4)cc32)c(C)c1C(=O)NC[C@@H]1CCCN1C. The molecule has 2 aromatic carbocycles. The first-order valence-corrected chi connectivity index (χ1v) is 13.4. The van der Waals surface area contributed by atoms with E-state index in [1.807, 2.05) is 51.1 Å². The Hall–Kier alpha value is -4.17. The van der Waals surface area contributed by atoms with Crippen LogP contribution in [0.3, 0.4) is 0 Å². The smallest absolute Gasteiger partial charge is 0.256 e. The number of rotatable bonds is 7. The lowest BCUT2D eigenvalue weighted by Crippen LogP contribution is -2.38. The summed E-state index contributed by atoms with van der Waals surface area (Å²) in [5.74, 6) is -0.581. The number of likely N-dealkylation sites (tertiary alicyclic amines) is 1. The van der Waals surface area contributed by atoms with Crippen LogP contribution in [0.1, 0.15) is 82.0 Å². The van der Waals surface area contributed by atoms with Crippen molar-refractivity contribution in [2.45, 2.75) is 53.1 Å². The van der Waals surface area contributed by atoms with E-state index in [0.717, 1.165) is 36.2 Å². The number of hydrogen-bond donors (Lipinski definition) is 4. The fourth-order valence-corrected chi connectivity index (χ4v) is 5.52. The highest BCUT2D eigenvalue weighted by atomic mass is 16.2. The molecule has 3 heterocycles. The minimum absolute atomic E-state index is 0. The van der Waals surface area contributed by atoms with Crippen LogP contribution >= 0.6 is 0 Å². The van der Waals surface area contributed by atoms with Gasteiger partial charge in [-0.05, 0) is 82.6 Å². The zero-order chi connectivity index (χ0) is 27.7. The first-order valence-electron chi connectivity index (χ1n) is 13.4. The summed E-state index contributed by atoms with van der Waals surface area (Å²) in [6, 6.07) is 15.2. The van der Waals surface area contributed by atoms with Crippen molar-refractivity contribution < 1.29 is 14.4 Å². The zero-order valence-corrected chi connectivity index (χ0v) is 22.9. The number of aromatic amines is 1. The number of carbonyl (C=O) groups excluding carboxylic acids is 3. The monoisotopic (exact) mass is 541 g/mol. The van der Waals surface area contributed by atoms with Crippen molar-refractivity contribution in [3.8, 4) is 0 Å². The summed E-state index contributed by atoms with van der Waals surface area (Å²) in [5.41, 5.74) is 6.06. The van der Waals surface area contributed by atoms with Gasteiger partial charge in [0.05, 0.1) is 17.2 Å². The number of aryl methyl sites for hydroxylation is 1. The molecule has 2 aliphatic rings. The van der Waals surface area contributed by atoms with E-state index in [1.165, 1.54) is 0 Å². The lowest BCUT2D eigenvalue weighted by atomic mass is 10.0. The number of likely N-dealkylation sites (N-methyl/N-ethyl adjacent to an activating group) is 1. The van der Waals surface area contributed by atoms with E-state index in [-0.39, 0.29) is 31.2 Å². The van der Waals surface area contributed by atoms with Gasteiger partial charge in [-0.1, -0.05) is 37.8 Å². The Kier molecular flexibility index (Phi) is 8.59. The molecule has 8 nitrogen and oxygen atoms in total. The Morgan fingerprint density at radius 3 is 2.58 bits per heavy atom. The van der Waals surface area contributed by atoms with E-state index in [0.29, 0.717) is 46.2 Å². The number of benzene rings is 2. The molecule has 3 aromatic rings. The van der Waals surface area contributed by atoms with Gasteiger partial charge in [-0.3, -0.25) is 14.4 Å². The molecule has 1 unspecified atom stereocenters. The van der Waals surface area contributed by atoms with Crippen LogP contribution in [0.5, 0.6) is 0 Å². The van der Waals surface area contributed by atoms with Crippen LogP contribution < -0.4 is 16.0 Å². The molecule has 0 saturated carbocycles. The fourth-order valence-electron chi connectivity index (χ4n) is 5.52. The second kappa shape index (κ2) is 11.9. The maximum absolute atomic E-state index is 13.1. The third-order valence-electron chi connectivity index (χ3n) is 7.87. The highest BCUT2D eigenvalue weighted by Gasteiger charge is 2.28. The van der Waals surface area contributed by atoms with Crippen molar-refractivity contribution in [3.05, 3.63) is 87.7 Å². The molecular weight excluding hydrogens is 502 g/mol. The van der Waals surface area contributed by atoms with Crippen molar-refractivity contribution in [3.63, 3.8) is 0 Å². The first-order chi connectivity index (χ1) is 18.7. The van der Waals surface area contributed by atoms with Crippen LogP contribution in [0.25, 0.3) is 11.6 Å². The van der Waals surface area contributed by atoms with Gasteiger partial charge in [0.15, 0.2) is 0 Å². The van der Waals surface area contributed by atoms with E-state index >= 15 is 0 Å². The number of aromatic nitrogens is 1. The molecule has 0 radical (unpaired) electrons. The third-order valence-corrected chi connectivity index (χ3v) is 7.87. The Balaban J connectivity index is 0.00000370. The summed E-state index contributed by atoms with van der Waals surface area (Å²) >= 11 is 0. The average Bonchev–Trinajstić information content (AvgIpc) is 3.57. The molecule has 1 aromatic heterocycles. The van der Waals surface area contributed by atoms with E-state index in [9.17, 15) is 14.4 Å². The summed E-state index contributed by atoms with van der Waals surface area (Å²) in [6.45, 7) is 7.35. The van der Waals surface area contributed by atoms with Gasteiger partial charge in [0.1, 0.15) is 0 Å². The van der Waals surface area contributed by atoms with Gasteiger partial charge < -0.3 is 25.8 Å². The molecule has 40 heavy (non-hydrogen) atoms. The van der Waals surface area contributed by atoms with Crippen LogP contribution in [-0.4, -0.2) is 53.8 Å². The third kappa shape index (κ3) is 5.72. The summed E-state index contributed by atoms with van der Waals surface area (Å²) in [6.07, 6.45) is 3.99. The van der Waals surface area contributed by atoms with Crippen molar-refractivity contribution >= 4 is 35.1 Å². The molecule has 5 rings (SSSR count). The van der Waals surface area contributed by atoms with E-state index in [1.54, 1.807) is 24.3 Å². The summed E-state index contributed by atoms with van der Waals surface area (Å²) in [4.78, 5) is 44.6. The largest absolute Gasteiger partial charge is 0.358 e. The molecule has 3 amide bonds. The van der Waals surface area contributed by atoms with Gasteiger partial charge in [-0.25, -0.2) is 0 Å². The van der Waals surface area contributed by atoms with E-state index < -0.39 is 0 Å². The van der Waals surface area contributed by atoms with Crippen molar-refractivity contribution in [1.29, 1.82) is 0 Å². The van der Waals surface area contributed by atoms with Gasteiger partial charge >= 0.3 is 0 Å². The summed E-state index contributed by atoms with van der Waals surface area (Å²) in [7, 11) is 2.09. The maximum atomic E-state index is 13.1. The minimum Gasteiger partial charge on any atom is -0.358 e. The normalized spacial score (nSPS) is 18.1. The number of amides is 3. The average molecular weight is 542 g/mol. The Labute approximate surface area is 236 Å². The van der Waals surface area contributed by atoms with E-state index in [2.05, 4.69) is 32.9 Å². The van der Waals surface area contributed by atoms with Crippen LogP contribution in [0.15, 0.2) is 48.5 Å². The maximum Gasteiger partial charge on any atom is 0.256 e. The van der Waals surface area contributed by atoms with Gasteiger partial charge in [-0.15, -0.1) is 0 Å². The van der Waals surface area contributed by atoms with Crippen LogP contribution in [0, 0.1) is 13.8 Å². The van der Waals surface area contributed by atoms with Crippen LogP contribution in [0.2, 0.25) is 0 Å². The number of nitrogens with zero attached hydrogens (tertiary/aromatic N) is 1. The van der Waals surface area contributed by atoms with E-state index in [4.69, 9.17) is 0 Å². The Bertz CT molecular complexity index is 1460. The molecule has 1 fully saturated rings. The van der Waals surface area contributed by atoms with Crippen molar-refractivity contribution in [2.75, 3.05) is 25.5 Å². The number of H-pyrrole nitrogens is 1. The summed E-state index contributed by atoms with van der Waals surface area (Å²) < 4.78 is 0.